The van der Waals surface area contributed by atoms with Gasteiger partial charge in [0.2, 0.25) is 0 Å². The Balaban J connectivity index is 1.47. The Morgan fingerprint density at radius 3 is 1.47 bits per heavy atom. The molecule has 2 aromatic heterocycles. The molecule has 0 saturated carbocycles. The van der Waals surface area contributed by atoms with E-state index in [9.17, 15) is 10.2 Å². The minimum absolute atomic E-state index is 0.308. The van der Waals surface area contributed by atoms with Crippen LogP contribution in [-0.2, 0) is 6.42 Å². The van der Waals surface area contributed by atoms with Crippen molar-refractivity contribution in [1.82, 2.24) is 0 Å². The van der Waals surface area contributed by atoms with Crippen molar-refractivity contribution in [2.24, 2.45) is 0 Å². The van der Waals surface area contributed by atoms with Crippen molar-refractivity contribution in [2.75, 3.05) is 0 Å². The molecule has 2 aliphatic carbocycles. The predicted molar refractivity (Wildman–Crippen MR) is 126 cm³/mol. The molecule has 0 atom stereocenters. The maximum absolute atomic E-state index is 9.63. The average Bonchev–Trinajstić information content (AvgIpc) is 3.46. The fraction of sp³-hybridized carbons (Fsp3) is 0.154. The highest BCUT2D eigenvalue weighted by atomic mass is 32.1. The molecule has 0 bridgehead atoms. The predicted octanol–water partition coefficient (Wildman–Crippen LogP) is 7.55. The molecule has 0 fully saturated rings. The molecule has 2 nitrogen and oxygen atoms in total. The maximum Gasteiger partial charge on any atom is 0.115 e. The average molecular weight is 429 g/mol. The van der Waals surface area contributed by atoms with Crippen LogP contribution < -0.4 is 0 Å². The molecule has 0 radical (unpaired) electrons. The molecule has 30 heavy (non-hydrogen) atoms. The fourth-order valence-corrected chi connectivity index (χ4v) is 7.15. The highest BCUT2D eigenvalue weighted by Gasteiger charge is 2.28. The summed E-state index contributed by atoms with van der Waals surface area (Å²) in [4.78, 5) is 5.45. The van der Waals surface area contributed by atoms with Crippen molar-refractivity contribution in [3.8, 4) is 32.4 Å². The summed E-state index contributed by atoms with van der Waals surface area (Å²) in [7, 11) is 0. The van der Waals surface area contributed by atoms with Gasteiger partial charge in [-0.2, -0.15) is 0 Å². The largest absolute Gasteiger partial charge is 0.508 e. The Kier molecular flexibility index (Phi) is 4.12. The number of phenolic OH excluding ortho intramolecular Hbond substituents is 2. The zero-order valence-electron chi connectivity index (χ0n) is 16.3. The van der Waals surface area contributed by atoms with Crippen LogP contribution in [0.4, 0.5) is 0 Å². The van der Waals surface area contributed by atoms with E-state index in [0.29, 0.717) is 11.5 Å². The summed E-state index contributed by atoms with van der Waals surface area (Å²) in [5.74, 6) is 0.616. The zero-order valence-corrected chi connectivity index (χ0v) is 17.9. The van der Waals surface area contributed by atoms with Crippen molar-refractivity contribution in [3.05, 3.63) is 81.5 Å². The lowest BCUT2D eigenvalue weighted by Gasteiger charge is -2.04. The Bertz CT molecular complexity index is 1190. The van der Waals surface area contributed by atoms with Gasteiger partial charge in [-0.05, 0) is 113 Å². The van der Waals surface area contributed by atoms with Gasteiger partial charge in [0.05, 0.1) is 0 Å². The van der Waals surface area contributed by atoms with Crippen molar-refractivity contribution in [1.29, 1.82) is 0 Å². The standard InChI is InChI=1S/C26H20O2S2/c27-17-8-4-15(5-9-17)23-12-21-19-2-1-3-20(19)22-13-24(16-6-10-18(28)11-7-16)30-26(22)14-25(21)29-23/h4-13,27-28H,1-3,14H2. The van der Waals surface area contributed by atoms with Crippen LogP contribution in [0.3, 0.4) is 0 Å². The highest BCUT2D eigenvalue weighted by Crippen LogP contribution is 2.51. The van der Waals surface area contributed by atoms with E-state index >= 15 is 0 Å². The second kappa shape index (κ2) is 6.86. The lowest BCUT2D eigenvalue weighted by Crippen LogP contribution is -1.85. The molecule has 2 N–H and O–H groups in total. The molecule has 2 heterocycles. The summed E-state index contributed by atoms with van der Waals surface area (Å²) < 4.78 is 0. The summed E-state index contributed by atoms with van der Waals surface area (Å²) in [5, 5.41) is 19.3. The van der Waals surface area contributed by atoms with E-state index in [-0.39, 0.29) is 0 Å². The van der Waals surface area contributed by atoms with Crippen molar-refractivity contribution in [3.63, 3.8) is 0 Å². The smallest absolute Gasteiger partial charge is 0.115 e. The van der Waals surface area contributed by atoms with E-state index in [4.69, 9.17) is 0 Å². The molecule has 0 unspecified atom stereocenters. The van der Waals surface area contributed by atoms with E-state index in [1.54, 1.807) is 24.3 Å². The first-order chi connectivity index (χ1) is 14.7. The number of hydrogen-bond acceptors (Lipinski definition) is 4. The first-order valence-electron chi connectivity index (χ1n) is 10.2. The second-order valence-electron chi connectivity index (χ2n) is 7.98. The lowest BCUT2D eigenvalue weighted by molar-refractivity contribution is 0.475. The first kappa shape index (κ1) is 18.0. The number of fused-ring (bicyclic) bond motifs is 4. The Morgan fingerprint density at radius 2 is 1.03 bits per heavy atom. The summed E-state index contributed by atoms with van der Waals surface area (Å²) in [6, 6.07) is 19.8. The minimum Gasteiger partial charge on any atom is -0.508 e. The molecule has 4 heteroatoms. The third-order valence-electron chi connectivity index (χ3n) is 6.11. The summed E-state index contributed by atoms with van der Waals surface area (Å²) in [5.41, 5.74) is 8.26. The third kappa shape index (κ3) is 2.91. The van der Waals surface area contributed by atoms with Gasteiger partial charge in [0.25, 0.3) is 0 Å². The number of aromatic hydroxyl groups is 2. The normalized spacial score (nSPS) is 14.9. The van der Waals surface area contributed by atoms with Gasteiger partial charge in [-0.3, -0.25) is 0 Å². The Labute approximate surface area is 183 Å². The molecule has 0 aliphatic heterocycles. The molecule has 0 saturated heterocycles. The number of benzene rings is 2. The van der Waals surface area contributed by atoms with Gasteiger partial charge in [0.1, 0.15) is 11.5 Å². The summed E-state index contributed by atoms with van der Waals surface area (Å²) >= 11 is 3.77. The van der Waals surface area contributed by atoms with Crippen molar-refractivity contribution in [2.45, 2.75) is 25.7 Å². The number of hydrogen-bond donors (Lipinski definition) is 2. The summed E-state index contributed by atoms with van der Waals surface area (Å²) in [6.07, 6.45) is 4.50. The molecule has 4 aromatic rings. The van der Waals surface area contributed by atoms with E-state index in [0.717, 1.165) is 19.3 Å². The van der Waals surface area contributed by atoms with Crippen LogP contribution in [0.15, 0.2) is 60.7 Å². The van der Waals surface area contributed by atoms with Crippen molar-refractivity contribution < 1.29 is 10.2 Å². The summed E-state index contributed by atoms with van der Waals surface area (Å²) in [6.45, 7) is 0. The van der Waals surface area contributed by atoms with Crippen LogP contribution in [0.1, 0.15) is 40.1 Å². The molecule has 2 aromatic carbocycles. The number of phenols is 2. The van der Waals surface area contributed by atoms with Gasteiger partial charge < -0.3 is 10.2 Å². The van der Waals surface area contributed by atoms with Crippen LogP contribution in [0, 0.1) is 0 Å². The van der Waals surface area contributed by atoms with Crippen molar-refractivity contribution >= 4 is 33.8 Å². The topological polar surface area (TPSA) is 40.5 Å². The molecular weight excluding hydrogens is 408 g/mol. The zero-order chi connectivity index (χ0) is 20.2. The molecule has 2 aliphatic rings. The van der Waals surface area contributed by atoms with E-state index in [2.05, 4.69) is 12.1 Å². The van der Waals surface area contributed by atoms with E-state index < -0.39 is 0 Å². The van der Waals surface area contributed by atoms with E-state index in [1.165, 1.54) is 59.3 Å². The molecule has 6 rings (SSSR count). The van der Waals surface area contributed by atoms with Crippen LogP contribution in [0.2, 0.25) is 0 Å². The van der Waals surface area contributed by atoms with E-state index in [1.807, 2.05) is 46.9 Å². The molecular formula is C26H20O2S2. The van der Waals surface area contributed by atoms with Crippen LogP contribution in [0.25, 0.3) is 32.0 Å². The quantitative estimate of drug-likeness (QED) is 0.346. The number of thiophene rings is 2. The Morgan fingerprint density at radius 1 is 0.600 bits per heavy atom. The van der Waals surface area contributed by atoms with Crippen LogP contribution >= 0.6 is 22.7 Å². The minimum atomic E-state index is 0.308. The van der Waals surface area contributed by atoms with Gasteiger partial charge in [0.15, 0.2) is 0 Å². The van der Waals surface area contributed by atoms with Gasteiger partial charge >= 0.3 is 0 Å². The van der Waals surface area contributed by atoms with Crippen LogP contribution in [0.5, 0.6) is 11.5 Å². The lowest BCUT2D eigenvalue weighted by atomic mass is 9.99. The maximum atomic E-state index is 9.63. The van der Waals surface area contributed by atoms with Gasteiger partial charge in [-0.25, -0.2) is 0 Å². The molecule has 0 amide bonds. The van der Waals surface area contributed by atoms with Gasteiger partial charge in [-0.1, -0.05) is 0 Å². The third-order valence-corrected chi connectivity index (χ3v) is 8.48. The number of allylic oxidation sites excluding steroid dienone is 2. The monoisotopic (exact) mass is 428 g/mol. The highest BCUT2D eigenvalue weighted by molar-refractivity contribution is 7.17. The fourth-order valence-electron chi connectivity index (χ4n) is 4.65. The van der Waals surface area contributed by atoms with Gasteiger partial charge in [-0.15, -0.1) is 22.7 Å². The first-order valence-corrected chi connectivity index (χ1v) is 11.9. The molecule has 0 spiro atoms. The molecule has 148 valence electrons. The van der Waals surface area contributed by atoms with Crippen LogP contribution in [-0.4, -0.2) is 10.2 Å². The Hall–Kier alpha value is -2.82. The van der Waals surface area contributed by atoms with Gasteiger partial charge in [0, 0.05) is 25.9 Å². The SMILES string of the molecule is Oc1ccc(-c2cc3c(s2)Cc2sc(-c4ccc(O)cc4)cc2C2=C3CCC2)cc1. The second-order valence-corrected chi connectivity index (χ2v) is 10.2. The number of rotatable bonds is 2.